The standard InChI is InChI=1S/C14H13FN2O2/c1-8-2-5-11(15)13(6-8)19-12-7-9(16)3-4-10(12)14(17)18/h2-7H,16H2,1H3,(H2,17,18). The molecule has 0 aromatic heterocycles. The van der Waals surface area contributed by atoms with Crippen LogP contribution in [-0.4, -0.2) is 5.91 Å². The van der Waals surface area contributed by atoms with Crippen molar-refractivity contribution in [3.05, 3.63) is 53.3 Å². The van der Waals surface area contributed by atoms with Gasteiger partial charge in [-0.15, -0.1) is 0 Å². The van der Waals surface area contributed by atoms with E-state index in [1.165, 1.54) is 30.3 Å². The van der Waals surface area contributed by atoms with Gasteiger partial charge in [0.15, 0.2) is 11.6 Å². The minimum absolute atomic E-state index is 0.0214. The first kappa shape index (κ1) is 12.9. The maximum atomic E-state index is 13.6. The summed E-state index contributed by atoms with van der Waals surface area (Å²) in [5.74, 6) is -1.03. The molecule has 98 valence electrons. The molecule has 1 amide bonds. The van der Waals surface area contributed by atoms with E-state index in [9.17, 15) is 9.18 Å². The van der Waals surface area contributed by atoms with Crippen molar-refractivity contribution in [2.45, 2.75) is 6.92 Å². The Bertz CT molecular complexity index is 641. The van der Waals surface area contributed by atoms with Gasteiger partial charge in [0.05, 0.1) is 5.56 Å². The van der Waals surface area contributed by atoms with Gasteiger partial charge in [0.25, 0.3) is 5.91 Å². The van der Waals surface area contributed by atoms with Crippen LogP contribution in [0.25, 0.3) is 0 Å². The van der Waals surface area contributed by atoms with Crippen LogP contribution in [0, 0.1) is 12.7 Å². The Hall–Kier alpha value is -2.56. The second kappa shape index (κ2) is 4.97. The smallest absolute Gasteiger partial charge is 0.252 e. The van der Waals surface area contributed by atoms with Crippen molar-refractivity contribution in [3.63, 3.8) is 0 Å². The molecule has 0 spiro atoms. The van der Waals surface area contributed by atoms with E-state index >= 15 is 0 Å². The molecule has 0 atom stereocenters. The Balaban J connectivity index is 2.45. The summed E-state index contributed by atoms with van der Waals surface area (Å²) in [6.07, 6.45) is 0. The highest BCUT2D eigenvalue weighted by molar-refractivity contribution is 5.96. The van der Waals surface area contributed by atoms with Gasteiger partial charge in [-0.2, -0.15) is 0 Å². The van der Waals surface area contributed by atoms with Crippen LogP contribution in [0.4, 0.5) is 10.1 Å². The first-order valence-electron chi connectivity index (χ1n) is 5.60. The highest BCUT2D eigenvalue weighted by atomic mass is 19.1. The molecule has 4 nitrogen and oxygen atoms in total. The molecule has 0 fully saturated rings. The summed E-state index contributed by atoms with van der Waals surface area (Å²) in [4.78, 5) is 11.3. The Morgan fingerprint density at radius 2 is 1.89 bits per heavy atom. The normalized spacial score (nSPS) is 10.2. The number of anilines is 1. The van der Waals surface area contributed by atoms with E-state index in [4.69, 9.17) is 16.2 Å². The van der Waals surface area contributed by atoms with E-state index in [1.54, 1.807) is 13.0 Å². The molecule has 0 heterocycles. The van der Waals surface area contributed by atoms with Crippen LogP contribution < -0.4 is 16.2 Å². The molecule has 0 unspecified atom stereocenters. The first-order chi connectivity index (χ1) is 8.97. The quantitative estimate of drug-likeness (QED) is 0.832. The minimum atomic E-state index is -0.664. The third-order valence-electron chi connectivity index (χ3n) is 2.58. The highest BCUT2D eigenvalue weighted by Gasteiger charge is 2.13. The van der Waals surface area contributed by atoms with Gasteiger partial charge in [0.2, 0.25) is 0 Å². The number of carbonyl (C=O) groups is 1. The monoisotopic (exact) mass is 260 g/mol. The lowest BCUT2D eigenvalue weighted by Crippen LogP contribution is -2.12. The molecular weight excluding hydrogens is 247 g/mol. The van der Waals surface area contributed by atoms with E-state index in [0.717, 1.165) is 5.56 Å². The second-order valence-corrected chi connectivity index (χ2v) is 4.16. The SMILES string of the molecule is Cc1ccc(F)c(Oc2cc(N)ccc2C(N)=O)c1. The number of nitrogens with two attached hydrogens (primary N) is 2. The van der Waals surface area contributed by atoms with Gasteiger partial charge in [0, 0.05) is 11.8 Å². The summed E-state index contributed by atoms with van der Waals surface area (Å²) < 4.78 is 19.0. The van der Waals surface area contributed by atoms with Crippen LogP contribution in [0.1, 0.15) is 15.9 Å². The Labute approximate surface area is 109 Å². The molecule has 19 heavy (non-hydrogen) atoms. The van der Waals surface area contributed by atoms with Crippen LogP contribution in [0.3, 0.4) is 0 Å². The molecular formula is C14H13FN2O2. The molecule has 0 aliphatic heterocycles. The Morgan fingerprint density at radius 1 is 1.16 bits per heavy atom. The van der Waals surface area contributed by atoms with Crippen LogP contribution in [-0.2, 0) is 0 Å². The van der Waals surface area contributed by atoms with Gasteiger partial charge in [-0.1, -0.05) is 6.07 Å². The summed E-state index contributed by atoms with van der Waals surface area (Å²) in [6.45, 7) is 1.81. The van der Waals surface area contributed by atoms with Crippen molar-refractivity contribution in [1.82, 2.24) is 0 Å². The number of amides is 1. The number of ether oxygens (including phenoxy) is 1. The summed E-state index contributed by atoms with van der Waals surface area (Å²) in [7, 11) is 0. The number of benzene rings is 2. The number of nitrogen functional groups attached to an aromatic ring is 1. The third kappa shape index (κ3) is 2.82. The highest BCUT2D eigenvalue weighted by Crippen LogP contribution is 2.29. The zero-order valence-electron chi connectivity index (χ0n) is 10.3. The number of hydrogen-bond donors (Lipinski definition) is 2. The number of primary amides is 1. The molecule has 5 heteroatoms. The lowest BCUT2D eigenvalue weighted by Gasteiger charge is -2.11. The van der Waals surface area contributed by atoms with Crippen molar-refractivity contribution in [1.29, 1.82) is 0 Å². The van der Waals surface area contributed by atoms with Crippen LogP contribution in [0.15, 0.2) is 36.4 Å². The van der Waals surface area contributed by atoms with E-state index in [-0.39, 0.29) is 17.1 Å². The zero-order chi connectivity index (χ0) is 14.0. The molecule has 2 aromatic rings. The predicted octanol–water partition coefficient (Wildman–Crippen LogP) is 2.61. The Kier molecular flexibility index (Phi) is 3.37. The maximum Gasteiger partial charge on any atom is 0.252 e. The van der Waals surface area contributed by atoms with Gasteiger partial charge in [-0.25, -0.2) is 4.39 Å². The van der Waals surface area contributed by atoms with E-state index < -0.39 is 11.7 Å². The first-order valence-corrected chi connectivity index (χ1v) is 5.60. The number of rotatable bonds is 3. The average molecular weight is 260 g/mol. The van der Waals surface area contributed by atoms with Gasteiger partial charge < -0.3 is 16.2 Å². The topological polar surface area (TPSA) is 78.3 Å². The lowest BCUT2D eigenvalue weighted by molar-refractivity contribution is 0.0998. The molecule has 2 aromatic carbocycles. The predicted molar refractivity (Wildman–Crippen MR) is 70.6 cm³/mol. The summed E-state index contributed by atoms with van der Waals surface area (Å²) in [5, 5.41) is 0. The van der Waals surface area contributed by atoms with Crippen molar-refractivity contribution in [3.8, 4) is 11.5 Å². The summed E-state index contributed by atoms with van der Waals surface area (Å²) >= 11 is 0. The molecule has 0 bridgehead atoms. The molecule has 0 aliphatic carbocycles. The zero-order valence-corrected chi connectivity index (χ0v) is 10.3. The van der Waals surface area contributed by atoms with E-state index in [2.05, 4.69) is 0 Å². The second-order valence-electron chi connectivity index (χ2n) is 4.16. The van der Waals surface area contributed by atoms with Gasteiger partial charge in [-0.05, 0) is 36.8 Å². The van der Waals surface area contributed by atoms with Crippen molar-refractivity contribution in [2.24, 2.45) is 5.73 Å². The third-order valence-corrected chi connectivity index (χ3v) is 2.58. The van der Waals surface area contributed by atoms with Crippen LogP contribution in [0.5, 0.6) is 11.5 Å². The molecule has 4 N–H and O–H groups in total. The fourth-order valence-electron chi connectivity index (χ4n) is 1.63. The molecule has 0 saturated carbocycles. The number of halogens is 1. The number of hydrogen-bond acceptors (Lipinski definition) is 3. The average Bonchev–Trinajstić information content (AvgIpc) is 2.33. The maximum absolute atomic E-state index is 13.6. The van der Waals surface area contributed by atoms with Crippen LogP contribution in [0.2, 0.25) is 0 Å². The number of carbonyl (C=O) groups excluding carboxylic acids is 1. The van der Waals surface area contributed by atoms with Crippen LogP contribution >= 0.6 is 0 Å². The fourth-order valence-corrected chi connectivity index (χ4v) is 1.63. The van der Waals surface area contributed by atoms with Gasteiger partial charge in [-0.3, -0.25) is 4.79 Å². The van der Waals surface area contributed by atoms with Gasteiger partial charge in [0.1, 0.15) is 5.75 Å². The fraction of sp³-hybridized carbons (Fsp3) is 0.0714. The molecule has 0 radical (unpaired) electrons. The summed E-state index contributed by atoms with van der Waals surface area (Å²) in [6, 6.07) is 8.85. The Morgan fingerprint density at radius 3 is 2.58 bits per heavy atom. The van der Waals surface area contributed by atoms with E-state index in [0.29, 0.717) is 5.69 Å². The van der Waals surface area contributed by atoms with Crippen molar-refractivity contribution in [2.75, 3.05) is 5.73 Å². The molecule has 2 rings (SSSR count). The summed E-state index contributed by atoms with van der Waals surface area (Å²) in [5.41, 5.74) is 12.2. The minimum Gasteiger partial charge on any atom is -0.453 e. The van der Waals surface area contributed by atoms with Crippen molar-refractivity contribution >= 4 is 11.6 Å². The number of aryl methyl sites for hydroxylation is 1. The van der Waals surface area contributed by atoms with Gasteiger partial charge >= 0.3 is 0 Å². The molecule has 0 saturated heterocycles. The van der Waals surface area contributed by atoms with Crippen molar-refractivity contribution < 1.29 is 13.9 Å². The molecule has 0 aliphatic rings. The lowest BCUT2D eigenvalue weighted by atomic mass is 10.1. The van der Waals surface area contributed by atoms with E-state index in [1.807, 2.05) is 0 Å². The largest absolute Gasteiger partial charge is 0.453 e.